The van der Waals surface area contributed by atoms with Gasteiger partial charge in [-0.2, -0.15) is 17.5 Å². The molecule has 0 radical (unpaired) electrons. The van der Waals surface area contributed by atoms with E-state index in [4.69, 9.17) is 4.74 Å². The number of hydrogen-bond acceptors (Lipinski definition) is 5. The first-order valence-corrected chi connectivity index (χ1v) is 10.0. The Morgan fingerprint density at radius 1 is 1.10 bits per heavy atom. The Morgan fingerprint density at radius 2 is 1.76 bits per heavy atom. The van der Waals surface area contributed by atoms with E-state index in [-0.39, 0.29) is 35.9 Å². The molecular weight excluding hydrogens is 413 g/mol. The number of hydrogen-bond donors (Lipinski definition) is 0. The summed E-state index contributed by atoms with van der Waals surface area (Å²) in [6.07, 6.45) is -4.53. The van der Waals surface area contributed by atoms with E-state index < -0.39 is 32.4 Å². The fraction of sp³-hybridized carbons (Fsp3) is 0.333. The van der Waals surface area contributed by atoms with Crippen molar-refractivity contribution in [3.8, 4) is 5.75 Å². The summed E-state index contributed by atoms with van der Waals surface area (Å²) < 4.78 is 69.9. The lowest BCUT2D eigenvalue weighted by molar-refractivity contribution is -0.386. The Bertz CT molecular complexity index is 989. The molecule has 0 saturated heterocycles. The second-order valence-corrected chi connectivity index (χ2v) is 7.90. The zero-order valence-electron chi connectivity index (χ0n) is 15.6. The number of benzene rings is 2. The molecular formula is C18H19F3N2O5S. The van der Waals surface area contributed by atoms with Crippen molar-refractivity contribution in [1.29, 1.82) is 0 Å². The van der Waals surface area contributed by atoms with Crippen LogP contribution in [0.1, 0.15) is 25.0 Å². The van der Waals surface area contributed by atoms with Gasteiger partial charge >= 0.3 is 11.9 Å². The number of nitro benzene ring substituents is 1. The van der Waals surface area contributed by atoms with Crippen LogP contribution in [0.2, 0.25) is 0 Å². The Hall–Kier alpha value is -2.66. The number of sulfonamides is 1. The highest BCUT2D eigenvalue weighted by Gasteiger charge is 2.30. The van der Waals surface area contributed by atoms with Crippen LogP contribution in [0.3, 0.4) is 0 Å². The first-order valence-electron chi connectivity index (χ1n) is 8.58. The maximum Gasteiger partial charge on any atom is 0.416 e. The lowest BCUT2D eigenvalue weighted by atomic mass is 10.1. The smallest absolute Gasteiger partial charge is 0.416 e. The van der Waals surface area contributed by atoms with Crippen LogP contribution >= 0.6 is 0 Å². The molecule has 11 heteroatoms. The molecule has 2 rings (SSSR count). The van der Waals surface area contributed by atoms with Crippen molar-refractivity contribution >= 4 is 15.7 Å². The Morgan fingerprint density at radius 3 is 2.31 bits per heavy atom. The van der Waals surface area contributed by atoms with Gasteiger partial charge in [-0.3, -0.25) is 10.1 Å². The topological polar surface area (TPSA) is 89.8 Å². The van der Waals surface area contributed by atoms with E-state index in [1.807, 2.05) is 0 Å². The third-order valence-electron chi connectivity index (χ3n) is 4.12. The third kappa shape index (κ3) is 5.24. The molecule has 0 spiro atoms. The van der Waals surface area contributed by atoms with Gasteiger partial charge in [-0.25, -0.2) is 8.42 Å². The first-order chi connectivity index (χ1) is 13.5. The number of nitrogens with zero attached hydrogens (tertiary/aromatic N) is 2. The lowest BCUT2D eigenvalue weighted by Crippen LogP contribution is -2.30. The highest BCUT2D eigenvalue weighted by atomic mass is 32.2. The molecule has 0 aliphatic rings. The molecule has 0 unspecified atom stereocenters. The third-order valence-corrected chi connectivity index (χ3v) is 6.16. The maximum atomic E-state index is 12.8. The summed E-state index contributed by atoms with van der Waals surface area (Å²) in [6, 6.07) is 7.55. The van der Waals surface area contributed by atoms with Crippen molar-refractivity contribution in [2.75, 3.05) is 13.1 Å². The van der Waals surface area contributed by atoms with Gasteiger partial charge in [0, 0.05) is 19.2 Å². The van der Waals surface area contributed by atoms with Crippen LogP contribution in [0.15, 0.2) is 47.4 Å². The van der Waals surface area contributed by atoms with Crippen LogP contribution in [0.25, 0.3) is 0 Å². The summed E-state index contributed by atoms with van der Waals surface area (Å²) in [5, 5.41) is 11.4. The minimum Gasteiger partial charge on any atom is -0.482 e. The van der Waals surface area contributed by atoms with Crippen molar-refractivity contribution in [3.63, 3.8) is 0 Å². The van der Waals surface area contributed by atoms with Gasteiger partial charge in [-0.05, 0) is 29.8 Å². The summed E-state index contributed by atoms with van der Waals surface area (Å²) in [7, 11) is -3.91. The molecule has 0 N–H and O–H groups in total. The fourth-order valence-corrected chi connectivity index (χ4v) is 4.11. The van der Waals surface area contributed by atoms with Crippen LogP contribution in [0, 0.1) is 10.1 Å². The minimum absolute atomic E-state index is 0.161. The summed E-state index contributed by atoms with van der Waals surface area (Å²) in [5.41, 5.74) is -1.30. The molecule has 2 aromatic rings. The van der Waals surface area contributed by atoms with Crippen molar-refractivity contribution in [2.45, 2.75) is 31.5 Å². The molecule has 7 nitrogen and oxygen atoms in total. The van der Waals surface area contributed by atoms with Gasteiger partial charge in [0.15, 0.2) is 5.75 Å². The number of halogens is 3. The summed E-state index contributed by atoms with van der Waals surface area (Å²) >= 11 is 0. The number of ether oxygens (including phenoxy) is 1. The van der Waals surface area contributed by atoms with Crippen molar-refractivity contribution in [2.24, 2.45) is 0 Å². The Balaban J connectivity index is 2.32. The second kappa shape index (κ2) is 8.78. The van der Waals surface area contributed by atoms with Crippen molar-refractivity contribution in [1.82, 2.24) is 4.31 Å². The maximum absolute atomic E-state index is 12.8. The zero-order chi connectivity index (χ0) is 21.8. The van der Waals surface area contributed by atoms with Gasteiger partial charge in [0.25, 0.3) is 0 Å². The molecule has 0 aliphatic heterocycles. The number of rotatable bonds is 8. The Labute approximate surface area is 165 Å². The molecule has 0 amide bonds. The highest BCUT2D eigenvalue weighted by Crippen LogP contribution is 2.33. The minimum atomic E-state index is -4.53. The van der Waals surface area contributed by atoms with Gasteiger partial charge in [-0.1, -0.05) is 26.0 Å². The van der Waals surface area contributed by atoms with E-state index in [2.05, 4.69) is 0 Å². The molecule has 2 aromatic carbocycles. The van der Waals surface area contributed by atoms with Gasteiger partial charge < -0.3 is 4.74 Å². The van der Waals surface area contributed by atoms with Crippen LogP contribution in [0.4, 0.5) is 18.9 Å². The molecule has 0 atom stereocenters. The largest absolute Gasteiger partial charge is 0.482 e. The lowest BCUT2D eigenvalue weighted by Gasteiger charge is -2.18. The monoisotopic (exact) mass is 432 g/mol. The van der Waals surface area contributed by atoms with Crippen LogP contribution in [0.5, 0.6) is 5.75 Å². The van der Waals surface area contributed by atoms with E-state index in [1.165, 1.54) is 18.2 Å². The number of alkyl halides is 3. The predicted octanol–water partition coefficient (Wildman–Crippen LogP) is 4.22. The summed E-state index contributed by atoms with van der Waals surface area (Å²) in [4.78, 5) is 10.3. The summed E-state index contributed by atoms with van der Waals surface area (Å²) in [6.45, 7) is 3.32. The second-order valence-electron chi connectivity index (χ2n) is 5.96. The molecule has 0 aliphatic carbocycles. The molecule has 0 aromatic heterocycles. The van der Waals surface area contributed by atoms with Crippen molar-refractivity contribution in [3.05, 3.63) is 63.7 Å². The zero-order valence-corrected chi connectivity index (χ0v) is 16.5. The van der Waals surface area contributed by atoms with E-state index in [0.717, 1.165) is 28.6 Å². The van der Waals surface area contributed by atoms with E-state index in [9.17, 15) is 31.7 Å². The van der Waals surface area contributed by atoms with Crippen LogP contribution in [-0.4, -0.2) is 30.7 Å². The van der Waals surface area contributed by atoms with E-state index in [0.29, 0.717) is 0 Å². The first kappa shape index (κ1) is 22.6. The number of nitro groups is 1. The SMILES string of the molecule is CCN(CC)S(=O)(=O)c1ccc(OCc2cccc(C(F)(F)F)c2)c([N+](=O)[O-])c1. The summed E-state index contributed by atoms with van der Waals surface area (Å²) in [5.74, 6) is -0.245. The van der Waals surface area contributed by atoms with Gasteiger partial charge in [0.1, 0.15) is 6.61 Å². The average Bonchev–Trinajstić information content (AvgIpc) is 2.66. The van der Waals surface area contributed by atoms with Gasteiger partial charge in [-0.15, -0.1) is 0 Å². The molecule has 158 valence electrons. The molecule has 0 bridgehead atoms. The van der Waals surface area contributed by atoms with Gasteiger partial charge in [0.05, 0.1) is 15.4 Å². The molecule has 0 fully saturated rings. The van der Waals surface area contributed by atoms with Crippen molar-refractivity contribution < 1.29 is 31.2 Å². The average molecular weight is 432 g/mol. The van der Waals surface area contributed by atoms with Crippen LogP contribution < -0.4 is 4.74 Å². The highest BCUT2D eigenvalue weighted by molar-refractivity contribution is 7.89. The molecule has 0 saturated carbocycles. The predicted molar refractivity (Wildman–Crippen MR) is 99.0 cm³/mol. The normalized spacial score (nSPS) is 12.2. The van der Waals surface area contributed by atoms with Gasteiger partial charge in [0.2, 0.25) is 10.0 Å². The quantitative estimate of drug-likeness (QED) is 0.460. The van der Waals surface area contributed by atoms with E-state index >= 15 is 0 Å². The standard InChI is InChI=1S/C18H19F3N2O5S/c1-3-22(4-2)29(26,27)15-8-9-17(16(11-15)23(24)25)28-12-13-6-5-7-14(10-13)18(19,20)21/h5-11H,3-4,12H2,1-2H3. The fourth-order valence-electron chi connectivity index (χ4n) is 2.63. The van der Waals surface area contributed by atoms with Crippen LogP contribution in [-0.2, 0) is 22.8 Å². The molecule has 0 heterocycles. The molecule has 29 heavy (non-hydrogen) atoms. The Kier molecular flexibility index (Phi) is 6.85. The van der Waals surface area contributed by atoms with E-state index in [1.54, 1.807) is 13.8 Å².